The second kappa shape index (κ2) is 5.45. The van der Waals surface area contributed by atoms with Gasteiger partial charge in [-0.15, -0.1) is 0 Å². The number of thiophene rings is 1. The minimum atomic E-state index is -0.412. The predicted molar refractivity (Wildman–Crippen MR) is 81.0 cm³/mol. The van der Waals surface area contributed by atoms with Gasteiger partial charge in [0.25, 0.3) is 0 Å². The van der Waals surface area contributed by atoms with Crippen LogP contribution in [0.1, 0.15) is 20.8 Å². The first-order valence-electron chi connectivity index (χ1n) is 6.16. The number of amides is 1. The van der Waals surface area contributed by atoms with Crippen LogP contribution in [0.25, 0.3) is 11.1 Å². The summed E-state index contributed by atoms with van der Waals surface area (Å²) in [5.74, 6) is -0.0346. The molecule has 0 saturated heterocycles. The van der Waals surface area contributed by atoms with Crippen LogP contribution in [0.4, 0.5) is 5.69 Å². The lowest BCUT2D eigenvalue weighted by atomic mass is 9.96. The van der Waals surface area contributed by atoms with Crippen LogP contribution in [0.3, 0.4) is 0 Å². The zero-order valence-electron chi connectivity index (χ0n) is 11.4. The smallest absolute Gasteiger partial charge is 0.243 e. The standard InChI is InChI=1S/C15H18N2OS/c1-15(2,3)14(18)17-16-13-7-5-4-6-12(13)11-8-9-19-10-11/h4-10,16H,1-3H3,(H,17,18). The van der Waals surface area contributed by atoms with E-state index in [1.165, 1.54) is 0 Å². The Morgan fingerprint density at radius 1 is 1.16 bits per heavy atom. The Morgan fingerprint density at radius 3 is 2.53 bits per heavy atom. The van der Waals surface area contributed by atoms with Crippen molar-refractivity contribution in [3.63, 3.8) is 0 Å². The molecule has 0 unspecified atom stereocenters. The molecule has 1 heterocycles. The molecular formula is C15H18N2OS. The van der Waals surface area contributed by atoms with E-state index in [4.69, 9.17) is 0 Å². The van der Waals surface area contributed by atoms with Gasteiger partial charge in [-0.3, -0.25) is 15.6 Å². The van der Waals surface area contributed by atoms with Gasteiger partial charge in [-0.2, -0.15) is 11.3 Å². The summed E-state index contributed by atoms with van der Waals surface area (Å²) in [6, 6.07) is 9.99. The average Bonchev–Trinajstić information content (AvgIpc) is 2.88. The predicted octanol–water partition coefficient (Wildman–Crippen LogP) is 3.90. The van der Waals surface area contributed by atoms with Crippen LogP contribution in [-0.2, 0) is 4.79 Å². The summed E-state index contributed by atoms with van der Waals surface area (Å²) in [5.41, 5.74) is 8.49. The fourth-order valence-corrected chi connectivity index (χ4v) is 2.23. The lowest BCUT2D eigenvalue weighted by Crippen LogP contribution is -2.38. The number of benzene rings is 1. The van der Waals surface area contributed by atoms with Gasteiger partial charge < -0.3 is 0 Å². The molecule has 1 aromatic heterocycles. The van der Waals surface area contributed by atoms with Gasteiger partial charge in [-0.05, 0) is 28.5 Å². The molecule has 0 radical (unpaired) electrons. The fourth-order valence-electron chi connectivity index (χ4n) is 1.57. The molecule has 2 aromatic rings. The lowest BCUT2D eigenvalue weighted by Gasteiger charge is -2.19. The second-order valence-electron chi connectivity index (χ2n) is 5.39. The Labute approximate surface area is 117 Å². The molecule has 100 valence electrons. The largest absolute Gasteiger partial charge is 0.298 e. The molecule has 0 aliphatic carbocycles. The molecule has 4 heteroatoms. The molecule has 0 aliphatic heterocycles. The maximum Gasteiger partial charge on any atom is 0.243 e. The number of para-hydroxylation sites is 1. The molecule has 1 aromatic carbocycles. The summed E-state index contributed by atoms with van der Waals surface area (Å²) in [6.45, 7) is 5.65. The van der Waals surface area contributed by atoms with Gasteiger partial charge in [0, 0.05) is 11.0 Å². The molecule has 2 rings (SSSR count). The number of rotatable bonds is 3. The van der Waals surface area contributed by atoms with Gasteiger partial charge in [0.05, 0.1) is 5.69 Å². The van der Waals surface area contributed by atoms with Crippen LogP contribution in [0, 0.1) is 5.41 Å². The number of hydrazine groups is 1. The van der Waals surface area contributed by atoms with Gasteiger partial charge in [0.2, 0.25) is 5.91 Å². The van der Waals surface area contributed by atoms with Crippen molar-refractivity contribution in [2.45, 2.75) is 20.8 Å². The van der Waals surface area contributed by atoms with Gasteiger partial charge in [-0.1, -0.05) is 39.0 Å². The van der Waals surface area contributed by atoms with Crippen molar-refractivity contribution in [2.75, 3.05) is 5.43 Å². The SMILES string of the molecule is CC(C)(C)C(=O)NNc1ccccc1-c1ccsc1. The van der Waals surface area contributed by atoms with E-state index in [1.807, 2.05) is 50.4 Å². The van der Waals surface area contributed by atoms with E-state index in [1.54, 1.807) is 11.3 Å². The van der Waals surface area contributed by atoms with E-state index in [0.29, 0.717) is 0 Å². The summed E-state index contributed by atoms with van der Waals surface area (Å²) in [7, 11) is 0. The highest BCUT2D eigenvalue weighted by atomic mass is 32.1. The van der Waals surface area contributed by atoms with Crippen molar-refractivity contribution in [2.24, 2.45) is 5.41 Å². The van der Waals surface area contributed by atoms with Crippen molar-refractivity contribution in [1.29, 1.82) is 0 Å². The molecular weight excluding hydrogens is 256 g/mol. The molecule has 0 fully saturated rings. The van der Waals surface area contributed by atoms with E-state index in [9.17, 15) is 4.79 Å². The number of anilines is 1. The second-order valence-corrected chi connectivity index (χ2v) is 6.17. The number of hydrogen-bond acceptors (Lipinski definition) is 3. The topological polar surface area (TPSA) is 41.1 Å². The minimum Gasteiger partial charge on any atom is -0.298 e. The van der Waals surface area contributed by atoms with Crippen molar-refractivity contribution in [3.05, 3.63) is 41.1 Å². The van der Waals surface area contributed by atoms with Gasteiger partial charge in [0.1, 0.15) is 0 Å². The van der Waals surface area contributed by atoms with Crippen LogP contribution in [-0.4, -0.2) is 5.91 Å². The van der Waals surface area contributed by atoms with E-state index >= 15 is 0 Å². The molecule has 0 atom stereocenters. The van der Waals surface area contributed by atoms with Crippen molar-refractivity contribution in [1.82, 2.24) is 5.43 Å². The van der Waals surface area contributed by atoms with E-state index < -0.39 is 5.41 Å². The molecule has 0 saturated carbocycles. The van der Waals surface area contributed by atoms with Gasteiger partial charge in [-0.25, -0.2) is 0 Å². The van der Waals surface area contributed by atoms with Crippen LogP contribution in [0.15, 0.2) is 41.1 Å². The minimum absolute atomic E-state index is 0.0346. The molecule has 0 spiro atoms. The van der Waals surface area contributed by atoms with Crippen LogP contribution in [0.5, 0.6) is 0 Å². The van der Waals surface area contributed by atoms with Crippen molar-refractivity contribution >= 4 is 22.9 Å². The van der Waals surface area contributed by atoms with Crippen LogP contribution < -0.4 is 10.9 Å². The summed E-state index contributed by atoms with van der Waals surface area (Å²) in [6.07, 6.45) is 0. The molecule has 1 amide bonds. The van der Waals surface area contributed by atoms with E-state index in [2.05, 4.69) is 22.3 Å². The average molecular weight is 274 g/mol. The third-order valence-corrected chi connectivity index (χ3v) is 3.43. The molecule has 0 bridgehead atoms. The summed E-state index contributed by atoms with van der Waals surface area (Å²) < 4.78 is 0. The fraction of sp³-hybridized carbons (Fsp3) is 0.267. The van der Waals surface area contributed by atoms with Crippen molar-refractivity contribution in [3.8, 4) is 11.1 Å². The molecule has 19 heavy (non-hydrogen) atoms. The number of hydrogen-bond donors (Lipinski definition) is 2. The quantitative estimate of drug-likeness (QED) is 0.833. The highest BCUT2D eigenvalue weighted by Gasteiger charge is 2.21. The molecule has 2 N–H and O–H groups in total. The van der Waals surface area contributed by atoms with Gasteiger partial charge in [0.15, 0.2) is 0 Å². The zero-order valence-corrected chi connectivity index (χ0v) is 12.2. The monoisotopic (exact) mass is 274 g/mol. The number of carbonyl (C=O) groups is 1. The summed E-state index contributed by atoms with van der Waals surface area (Å²) >= 11 is 1.66. The Balaban J connectivity index is 2.16. The first-order valence-corrected chi connectivity index (χ1v) is 7.11. The molecule has 3 nitrogen and oxygen atoms in total. The third kappa shape index (κ3) is 3.35. The Morgan fingerprint density at radius 2 is 1.89 bits per heavy atom. The van der Waals surface area contributed by atoms with E-state index in [-0.39, 0.29) is 5.91 Å². The number of carbonyl (C=O) groups excluding carboxylic acids is 1. The zero-order chi connectivity index (χ0) is 13.9. The summed E-state index contributed by atoms with van der Waals surface area (Å²) in [5, 5.41) is 4.13. The Kier molecular flexibility index (Phi) is 3.90. The number of nitrogens with one attached hydrogen (secondary N) is 2. The van der Waals surface area contributed by atoms with E-state index in [0.717, 1.165) is 16.8 Å². The maximum absolute atomic E-state index is 11.9. The van der Waals surface area contributed by atoms with Crippen molar-refractivity contribution < 1.29 is 4.79 Å². The first-order chi connectivity index (χ1) is 8.98. The lowest BCUT2D eigenvalue weighted by molar-refractivity contribution is -0.127. The Hall–Kier alpha value is -1.81. The summed E-state index contributed by atoms with van der Waals surface area (Å²) in [4.78, 5) is 11.9. The maximum atomic E-state index is 11.9. The van der Waals surface area contributed by atoms with Gasteiger partial charge >= 0.3 is 0 Å². The normalized spacial score (nSPS) is 11.1. The molecule has 0 aliphatic rings. The van der Waals surface area contributed by atoms with Crippen LogP contribution in [0.2, 0.25) is 0 Å². The first kappa shape index (κ1) is 13.6. The highest BCUT2D eigenvalue weighted by molar-refractivity contribution is 7.08. The third-order valence-electron chi connectivity index (χ3n) is 2.75. The highest BCUT2D eigenvalue weighted by Crippen LogP contribution is 2.29. The Bertz CT molecular complexity index is 556. The van der Waals surface area contributed by atoms with Crippen LogP contribution >= 0.6 is 11.3 Å².